The molecule has 0 spiro atoms. The summed E-state index contributed by atoms with van der Waals surface area (Å²) < 4.78 is 33.9. The van der Waals surface area contributed by atoms with Gasteiger partial charge in [-0.25, -0.2) is 0 Å². The maximum atomic E-state index is 12.7. The van der Waals surface area contributed by atoms with Gasteiger partial charge in [0.15, 0.2) is 6.10 Å². The number of phosphoric ester groups is 1. The van der Waals surface area contributed by atoms with E-state index in [1.807, 2.05) is 21.1 Å². The van der Waals surface area contributed by atoms with Crippen LogP contribution in [0.2, 0.25) is 0 Å². The molecule has 0 heterocycles. The topological polar surface area (TPSA) is 111 Å². The Labute approximate surface area is 343 Å². The molecule has 1 unspecified atom stereocenters. The Kier molecular flexibility index (Phi) is 36.7. The van der Waals surface area contributed by atoms with Crippen molar-refractivity contribution < 1.29 is 42.1 Å². The van der Waals surface area contributed by atoms with E-state index in [4.69, 9.17) is 18.5 Å². The Bertz CT molecular complexity index is 1140. The second kappa shape index (κ2) is 38.2. The van der Waals surface area contributed by atoms with Crippen LogP contribution in [0.1, 0.15) is 168 Å². The molecule has 0 aliphatic carbocycles. The minimum atomic E-state index is -4.63. The van der Waals surface area contributed by atoms with E-state index in [1.54, 1.807) is 0 Å². The average Bonchev–Trinajstić information content (AvgIpc) is 3.15. The van der Waals surface area contributed by atoms with Crippen LogP contribution in [0.15, 0.2) is 60.8 Å². The van der Waals surface area contributed by atoms with Crippen molar-refractivity contribution in [1.82, 2.24) is 0 Å². The molecule has 0 radical (unpaired) electrons. The van der Waals surface area contributed by atoms with Crippen LogP contribution >= 0.6 is 7.82 Å². The molecule has 0 aliphatic rings. The fourth-order valence-electron chi connectivity index (χ4n) is 5.52. The van der Waals surface area contributed by atoms with Crippen LogP contribution in [0.4, 0.5) is 0 Å². The molecule has 0 N–H and O–H groups in total. The Morgan fingerprint density at radius 1 is 0.554 bits per heavy atom. The molecule has 0 aromatic rings. The SMILES string of the molecule is CCC/C=C/C/C=C/C/C=C/C/C=C/CCCCCC(=O)OC[C@H](COP(=O)([O-])OCC[N+](C)(C)C)OC(=O)CCCCCCCCC/C=C/CCCCCC. The Morgan fingerprint density at radius 2 is 1.00 bits per heavy atom. The van der Waals surface area contributed by atoms with Gasteiger partial charge in [0.25, 0.3) is 7.82 Å². The zero-order valence-corrected chi connectivity index (χ0v) is 37.2. The molecule has 0 amide bonds. The number of nitrogens with zero attached hydrogens (tertiary/aromatic N) is 1. The number of phosphoric acid groups is 1. The summed E-state index contributed by atoms with van der Waals surface area (Å²) in [7, 11) is 1.14. The Balaban J connectivity index is 4.43. The molecule has 0 saturated heterocycles. The van der Waals surface area contributed by atoms with E-state index in [9.17, 15) is 19.0 Å². The predicted octanol–water partition coefficient (Wildman–Crippen LogP) is 11.8. The molecule has 0 bridgehead atoms. The van der Waals surface area contributed by atoms with E-state index in [1.165, 1.54) is 57.8 Å². The number of esters is 2. The minimum Gasteiger partial charge on any atom is -0.756 e. The van der Waals surface area contributed by atoms with Crippen molar-refractivity contribution in [2.45, 2.75) is 174 Å². The van der Waals surface area contributed by atoms with Crippen molar-refractivity contribution in [2.75, 3.05) is 47.5 Å². The molecule has 0 rings (SSSR count). The lowest BCUT2D eigenvalue weighted by Crippen LogP contribution is -2.37. The monoisotopic (exact) mass is 808 g/mol. The quantitative estimate of drug-likeness (QED) is 0.0198. The Morgan fingerprint density at radius 3 is 1.54 bits per heavy atom. The number of allylic oxidation sites excluding steroid dienone is 10. The van der Waals surface area contributed by atoms with E-state index < -0.39 is 32.5 Å². The molecule has 0 fully saturated rings. The van der Waals surface area contributed by atoms with Gasteiger partial charge in [0, 0.05) is 12.8 Å². The van der Waals surface area contributed by atoms with E-state index in [-0.39, 0.29) is 26.1 Å². The molecule has 324 valence electrons. The molecular weight excluding hydrogens is 725 g/mol. The van der Waals surface area contributed by atoms with E-state index >= 15 is 0 Å². The van der Waals surface area contributed by atoms with Crippen molar-refractivity contribution >= 4 is 19.8 Å². The molecule has 0 aliphatic heterocycles. The zero-order chi connectivity index (χ0) is 41.4. The smallest absolute Gasteiger partial charge is 0.306 e. The van der Waals surface area contributed by atoms with Gasteiger partial charge < -0.3 is 27.9 Å². The third-order valence-electron chi connectivity index (χ3n) is 8.99. The van der Waals surface area contributed by atoms with Crippen molar-refractivity contribution in [1.29, 1.82) is 0 Å². The normalized spacial score (nSPS) is 14.2. The molecule has 0 saturated carbocycles. The van der Waals surface area contributed by atoms with Gasteiger partial charge in [0.1, 0.15) is 19.8 Å². The lowest BCUT2D eigenvalue weighted by molar-refractivity contribution is -0.870. The van der Waals surface area contributed by atoms with Crippen LogP contribution in [0, 0.1) is 0 Å². The summed E-state index contributed by atoms with van der Waals surface area (Å²) in [4.78, 5) is 37.5. The van der Waals surface area contributed by atoms with Crippen LogP contribution in [-0.4, -0.2) is 70.0 Å². The summed E-state index contributed by atoms with van der Waals surface area (Å²) in [5.41, 5.74) is 0. The number of hydrogen-bond acceptors (Lipinski definition) is 8. The van der Waals surface area contributed by atoms with Crippen LogP contribution in [-0.2, 0) is 32.7 Å². The number of likely N-dealkylation sites (N-methyl/N-ethyl adjacent to an activating group) is 1. The van der Waals surface area contributed by atoms with Gasteiger partial charge in [-0.2, -0.15) is 0 Å². The van der Waals surface area contributed by atoms with Crippen molar-refractivity contribution in [2.24, 2.45) is 0 Å². The number of carbonyl (C=O) groups excluding carboxylic acids is 2. The fourth-order valence-corrected chi connectivity index (χ4v) is 6.25. The van der Waals surface area contributed by atoms with Gasteiger partial charge in [-0.3, -0.25) is 14.2 Å². The summed E-state index contributed by atoms with van der Waals surface area (Å²) in [5.74, 6) is -0.880. The van der Waals surface area contributed by atoms with Crippen LogP contribution in [0.3, 0.4) is 0 Å². The van der Waals surface area contributed by atoms with Crippen molar-refractivity contribution in [3.8, 4) is 0 Å². The largest absolute Gasteiger partial charge is 0.756 e. The number of quaternary nitrogens is 1. The standard InChI is InChI=1S/C46H82NO8P/c1-6-8-10-12-14-16-18-20-22-23-25-26-28-30-32-34-36-38-45(48)52-42-44(43-54-56(50,51)53-41-40-47(3,4)5)55-46(49)39-37-35-33-31-29-27-24-21-19-17-15-13-11-9-7-2/h10,12,16-19,22-23,26,28,44H,6-9,11,13-15,20-21,24-25,27,29-43H2,1-5H3/b12-10+,18-16+,19-17+,23-22+,28-26+/t44-/m1/s1. The molecule has 0 aromatic heterocycles. The summed E-state index contributed by atoms with van der Waals surface area (Å²) in [6, 6.07) is 0. The van der Waals surface area contributed by atoms with Gasteiger partial charge >= 0.3 is 11.9 Å². The summed E-state index contributed by atoms with van der Waals surface area (Å²) in [6.07, 6.45) is 45.3. The third kappa shape index (κ3) is 41.3. The lowest BCUT2D eigenvalue weighted by atomic mass is 10.1. The van der Waals surface area contributed by atoms with Gasteiger partial charge in [-0.15, -0.1) is 0 Å². The minimum absolute atomic E-state index is 0.0394. The number of rotatable bonds is 39. The maximum Gasteiger partial charge on any atom is 0.306 e. The predicted molar refractivity (Wildman–Crippen MR) is 231 cm³/mol. The highest BCUT2D eigenvalue weighted by Crippen LogP contribution is 2.38. The Hall–Kier alpha value is -2.29. The van der Waals surface area contributed by atoms with Gasteiger partial charge in [-0.1, -0.05) is 139 Å². The second-order valence-electron chi connectivity index (χ2n) is 15.7. The number of carbonyl (C=O) groups is 2. The van der Waals surface area contributed by atoms with E-state index in [0.717, 1.165) is 70.6 Å². The maximum absolute atomic E-state index is 12.7. The van der Waals surface area contributed by atoms with Crippen LogP contribution in [0.5, 0.6) is 0 Å². The number of ether oxygens (including phenoxy) is 2. The van der Waals surface area contributed by atoms with Crippen molar-refractivity contribution in [3.63, 3.8) is 0 Å². The van der Waals surface area contributed by atoms with Gasteiger partial charge in [0.05, 0.1) is 27.7 Å². The summed E-state index contributed by atoms with van der Waals surface area (Å²) in [5, 5.41) is 0. The second-order valence-corrected chi connectivity index (χ2v) is 17.1. The number of hydrogen-bond donors (Lipinski definition) is 0. The first kappa shape index (κ1) is 53.7. The molecule has 56 heavy (non-hydrogen) atoms. The molecule has 0 aromatic carbocycles. The summed E-state index contributed by atoms with van der Waals surface area (Å²) >= 11 is 0. The van der Waals surface area contributed by atoms with Gasteiger partial charge in [-0.05, 0) is 77.0 Å². The lowest BCUT2D eigenvalue weighted by Gasteiger charge is -2.28. The van der Waals surface area contributed by atoms with Crippen LogP contribution < -0.4 is 4.89 Å². The highest BCUT2D eigenvalue weighted by atomic mass is 31.2. The molecule has 10 heteroatoms. The third-order valence-corrected chi connectivity index (χ3v) is 9.96. The van der Waals surface area contributed by atoms with E-state index in [2.05, 4.69) is 74.6 Å². The van der Waals surface area contributed by atoms with Crippen LogP contribution in [0.25, 0.3) is 0 Å². The average molecular weight is 808 g/mol. The molecule has 9 nitrogen and oxygen atoms in total. The first-order valence-electron chi connectivity index (χ1n) is 22.0. The molecular formula is C46H82NO8P. The fraction of sp³-hybridized carbons (Fsp3) is 0.739. The highest BCUT2D eigenvalue weighted by molar-refractivity contribution is 7.45. The molecule has 2 atom stereocenters. The zero-order valence-electron chi connectivity index (χ0n) is 36.3. The van der Waals surface area contributed by atoms with Crippen molar-refractivity contribution in [3.05, 3.63) is 60.8 Å². The highest BCUT2D eigenvalue weighted by Gasteiger charge is 2.21. The van der Waals surface area contributed by atoms with Gasteiger partial charge in [0.2, 0.25) is 0 Å². The first-order chi connectivity index (χ1) is 27.0. The van der Waals surface area contributed by atoms with E-state index in [0.29, 0.717) is 23.9 Å². The first-order valence-corrected chi connectivity index (χ1v) is 23.5. The number of unbranched alkanes of at least 4 members (excludes halogenated alkanes) is 15. The summed E-state index contributed by atoms with van der Waals surface area (Å²) in [6.45, 7) is 4.09.